The molecule has 2 rings (SSSR count). The standard InChI is InChI=1S/C16H15N3O/c17-13-19-16(12-20-15-9-5-2-6-10-15)18-11-14-7-3-1-4-8-14/h1-10H,11-12H2,(H,18,19). The molecule has 0 fully saturated rings. The second-order valence-corrected chi connectivity index (χ2v) is 4.09. The summed E-state index contributed by atoms with van der Waals surface area (Å²) < 4.78 is 5.56. The summed E-state index contributed by atoms with van der Waals surface area (Å²) in [6, 6.07) is 19.3. The maximum atomic E-state index is 8.73. The molecule has 0 saturated carbocycles. The van der Waals surface area contributed by atoms with Crippen molar-refractivity contribution in [2.75, 3.05) is 6.61 Å². The highest BCUT2D eigenvalue weighted by atomic mass is 16.5. The van der Waals surface area contributed by atoms with Crippen LogP contribution >= 0.6 is 0 Å². The van der Waals surface area contributed by atoms with E-state index in [-0.39, 0.29) is 6.61 Å². The fourth-order valence-corrected chi connectivity index (χ4v) is 1.62. The number of aliphatic imine (C=N–C) groups is 1. The van der Waals surface area contributed by atoms with Gasteiger partial charge in [-0.25, -0.2) is 0 Å². The highest BCUT2D eigenvalue weighted by molar-refractivity contribution is 5.84. The molecule has 0 heterocycles. The quantitative estimate of drug-likeness (QED) is 0.391. The molecule has 1 N–H and O–H groups in total. The molecular formula is C16H15N3O. The van der Waals surface area contributed by atoms with E-state index in [0.717, 1.165) is 11.3 Å². The van der Waals surface area contributed by atoms with Crippen molar-refractivity contribution in [3.63, 3.8) is 0 Å². The van der Waals surface area contributed by atoms with Crippen LogP contribution in [0, 0.1) is 11.5 Å². The lowest BCUT2D eigenvalue weighted by Gasteiger charge is -2.07. The number of nitriles is 1. The third kappa shape index (κ3) is 4.46. The highest BCUT2D eigenvalue weighted by Gasteiger charge is 2.00. The summed E-state index contributed by atoms with van der Waals surface area (Å²) >= 11 is 0. The first-order valence-corrected chi connectivity index (χ1v) is 6.28. The topological polar surface area (TPSA) is 57.4 Å². The minimum absolute atomic E-state index is 0.240. The number of nitrogens with zero attached hydrogens (tertiary/aromatic N) is 2. The fraction of sp³-hybridized carbons (Fsp3) is 0.125. The van der Waals surface area contributed by atoms with Crippen molar-refractivity contribution in [2.24, 2.45) is 4.99 Å². The average Bonchev–Trinajstić information content (AvgIpc) is 2.52. The van der Waals surface area contributed by atoms with Crippen molar-refractivity contribution < 1.29 is 4.74 Å². The molecule has 4 nitrogen and oxygen atoms in total. The van der Waals surface area contributed by atoms with Gasteiger partial charge in [-0.3, -0.25) is 10.3 Å². The molecule has 0 atom stereocenters. The zero-order valence-electron chi connectivity index (χ0n) is 11.0. The Balaban J connectivity index is 1.95. The lowest BCUT2D eigenvalue weighted by Crippen LogP contribution is -2.25. The predicted octanol–water partition coefficient (Wildman–Crippen LogP) is 2.73. The van der Waals surface area contributed by atoms with Crippen LogP contribution in [0.1, 0.15) is 5.56 Å². The van der Waals surface area contributed by atoms with Gasteiger partial charge >= 0.3 is 0 Å². The Bertz CT molecular complexity index is 588. The smallest absolute Gasteiger partial charge is 0.182 e. The summed E-state index contributed by atoms with van der Waals surface area (Å²) in [6.45, 7) is 0.757. The summed E-state index contributed by atoms with van der Waals surface area (Å²) in [5.41, 5.74) is 1.09. The van der Waals surface area contributed by atoms with Crippen molar-refractivity contribution in [3.8, 4) is 11.9 Å². The second-order valence-electron chi connectivity index (χ2n) is 4.09. The van der Waals surface area contributed by atoms with Crippen LogP contribution < -0.4 is 10.1 Å². The Labute approximate surface area is 118 Å². The van der Waals surface area contributed by atoms with Crippen molar-refractivity contribution in [2.45, 2.75) is 6.54 Å². The van der Waals surface area contributed by atoms with Gasteiger partial charge in [0, 0.05) is 0 Å². The molecule has 0 aliphatic carbocycles. The van der Waals surface area contributed by atoms with E-state index in [1.807, 2.05) is 66.9 Å². The molecule has 0 unspecified atom stereocenters. The number of hydrogen-bond acceptors (Lipinski definition) is 3. The van der Waals surface area contributed by atoms with Crippen molar-refractivity contribution in [3.05, 3.63) is 66.2 Å². The number of hydrogen-bond donors (Lipinski definition) is 1. The number of benzene rings is 2. The lowest BCUT2D eigenvalue weighted by molar-refractivity contribution is 0.373. The largest absolute Gasteiger partial charge is 0.486 e. The zero-order valence-corrected chi connectivity index (χ0v) is 11.0. The van der Waals surface area contributed by atoms with Crippen LogP contribution in [0.5, 0.6) is 5.75 Å². The minimum atomic E-state index is 0.240. The molecule has 0 bridgehead atoms. The number of nitrogens with one attached hydrogen (secondary N) is 1. The van der Waals surface area contributed by atoms with E-state index < -0.39 is 0 Å². The van der Waals surface area contributed by atoms with Crippen molar-refractivity contribution in [1.82, 2.24) is 5.32 Å². The molecule has 2 aromatic carbocycles. The summed E-state index contributed by atoms with van der Waals surface area (Å²) in [5, 5.41) is 11.3. The van der Waals surface area contributed by atoms with Gasteiger partial charge in [0.05, 0.1) is 6.54 Å². The van der Waals surface area contributed by atoms with Crippen molar-refractivity contribution >= 4 is 5.84 Å². The maximum absolute atomic E-state index is 8.73. The van der Waals surface area contributed by atoms with Crippen LogP contribution in [0.15, 0.2) is 65.7 Å². The third-order valence-corrected chi connectivity index (χ3v) is 2.61. The second kappa shape index (κ2) is 7.59. The van der Waals surface area contributed by atoms with Crippen LogP contribution in [0.2, 0.25) is 0 Å². The molecule has 20 heavy (non-hydrogen) atoms. The summed E-state index contributed by atoms with van der Waals surface area (Å²) in [5.74, 6) is 1.26. The molecular weight excluding hydrogens is 250 g/mol. The number of rotatable bonds is 5. The van der Waals surface area contributed by atoms with Gasteiger partial charge < -0.3 is 4.74 Å². The summed E-state index contributed by atoms with van der Waals surface area (Å²) in [7, 11) is 0. The van der Waals surface area contributed by atoms with Gasteiger partial charge in [-0.2, -0.15) is 5.26 Å². The molecule has 0 aliphatic heterocycles. The van der Waals surface area contributed by atoms with E-state index in [2.05, 4.69) is 10.3 Å². The Morgan fingerprint density at radius 1 is 1.05 bits per heavy atom. The van der Waals surface area contributed by atoms with Gasteiger partial charge in [-0.05, 0) is 17.7 Å². The number of para-hydroxylation sites is 1. The maximum Gasteiger partial charge on any atom is 0.182 e. The number of amidine groups is 1. The summed E-state index contributed by atoms with van der Waals surface area (Å²) in [4.78, 5) is 4.36. The molecule has 100 valence electrons. The molecule has 0 spiro atoms. The average molecular weight is 265 g/mol. The molecule has 2 aromatic rings. The van der Waals surface area contributed by atoms with Crippen LogP contribution in [-0.4, -0.2) is 12.4 Å². The minimum Gasteiger partial charge on any atom is -0.486 e. The van der Waals surface area contributed by atoms with Crippen LogP contribution in [-0.2, 0) is 6.54 Å². The third-order valence-electron chi connectivity index (χ3n) is 2.61. The van der Waals surface area contributed by atoms with Gasteiger partial charge in [-0.1, -0.05) is 48.5 Å². The Morgan fingerprint density at radius 3 is 2.35 bits per heavy atom. The molecule has 4 heteroatoms. The Morgan fingerprint density at radius 2 is 1.70 bits per heavy atom. The molecule has 0 aliphatic rings. The molecule has 0 aromatic heterocycles. The first kappa shape index (κ1) is 13.6. The Hall–Kier alpha value is -2.80. The van der Waals surface area contributed by atoms with E-state index in [0.29, 0.717) is 12.4 Å². The van der Waals surface area contributed by atoms with E-state index in [9.17, 15) is 0 Å². The van der Waals surface area contributed by atoms with Crippen molar-refractivity contribution in [1.29, 1.82) is 5.26 Å². The van der Waals surface area contributed by atoms with Gasteiger partial charge in [-0.15, -0.1) is 0 Å². The first-order chi connectivity index (χ1) is 9.88. The SMILES string of the molecule is N#CNC(COc1ccccc1)=NCc1ccccc1. The van der Waals surface area contributed by atoms with Crippen LogP contribution in [0.25, 0.3) is 0 Å². The molecule has 0 radical (unpaired) electrons. The van der Waals surface area contributed by atoms with Gasteiger partial charge in [0.25, 0.3) is 0 Å². The summed E-state index contributed by atoms with van der Waals surface area (Å²) in [6.07, 6.45) is 1.88. The highest BCUT2D eigenvalue weighted by Crippen LogP contribution is 2.08. The van der Waals surface area contributed by atoms with Gasteiger partial charge in [0.1, 0.15) is 18.2 Å². The van der Waals surface area contributed by atoms with E-state index in [1.54, 1.807) is 0 Å². The lowest BCUT2D eigenvalue weighted by atomic mass is 10.2. The van der Waals surface area contributed by atoms with Gasteiger partial charge in [0.2, 0.25) is 0 Å². The Kier molecular flexibility index (Phi) is 5.17. The normalized spacial score (nSPS) is 10.7. The zero-order chi connectivity index (χ0) is 14.0. The van der Waals surface area contributed by atoms with E-state index in [4.69, 9.17) is 10.00 Å². The predicted molar refractivity (Wildman–Crippen MR) is 78.3 cm³/mol. The number of ether oxygens (including phenoxy) is 1. The molecule has 0 saturated heterocycles. The van der Waals surface area contributed by atoms with Crippen LogP contribution in [0.4, 0.5) is 0 Å². The molecule has 0 amide bonds. The van der Waals surface area contributed by atoms with Crippen LogP contribution in [0.3, 0.4) is 0 Å². The monoisotopic (exact) mass is 265 g/mol. The fourth-order valence-electron chi connectivity index (χ4n) is 1.62. The van der Waals surface area contributed by atoms with Gasteiger partial charge in [0.15, 0.2) is 6.19 Å². The van der Waals surface area contributed by atoms with E-state index >= 15 is 0 Å². The first-order valence-electron chi connectivity index (χ1n) is 6.28. The van der Waals surface area contributed by atoms with E-state index in [1.165, 1.54) is 0 Å².